The van der Waals surface area contributed by atoms with E-state index in [2.05, 4.69) is 9.97 Å². The van der Waals surface area contributed by atoms with E-state index in [9.17, 15) is 18.0 Å². The van der Waals surface area contributed by atoms with Crippen LogP contribution >= 0.6 is 0 Å². The molecule has 0 aliphatic rings. The van der Waals surface area contributed by atoms with Crippen molar-refractivity contribution in [3.8, 4) is 16.9 Å². The Kier molecular flexibility index (Phi) is 3.79. The van der Waals surface area contributed by atoms with Crippen molar-refractivity contribution in [1.82, 2.24) is 9.97 Å². The molecule has 0 amide bonds. The van der Waals surface area contributed by atoms with Gasteiger partial charge < -0.3 is 9.84 Å². The number of carboxylic acid groups (broad SMARTS) is 1. The van der Waals surface area contributed by atoms with Crippen molar-refractivity contribution >= 4 is 5.97 Å². The number of hydrogen-bond donors (Lipinski definition) is 1. The van der Waals surface area contributed by atoms with Gasteiger partial charge >= 0.3 is 12.1 Å². The first kappa shape index (κ1) is 14.8. The number of pyridine rings is 2. The normalized spacial score (nSPS) is 11.2. The number of nitrogens with zero attached hydrogens (tertiary/aromatic N) is 2. The number of halogens is 3. The SMILES string of the molecule is COc1cc(-c2ccc(C(=O)O)nc2)cnc1C(F)(F)F. The van der Waals surface area contributed by atoms with E-state index in [-0.39, 0.29) is 5.69 Å². The van der Waals surface area contributed by atoms with Gasteiger partial charge in [0.1, 0.15) is 11.4 Å². The molecule has 2 heterocycles. The molecular formula is C13H9F3N2O3. The van der Waals surface area contributed by atoms with Gasteiger partial charge in [0, 0.05) is 23.5 Å². The highest BCUT2D eigenvalue weighted by Crippen LogP contribution is 2.36. The fourth-order valence-corrected chi connectivity index (χ4v) is 1.66. The third kappa shape index (κ3) is 3.10. The van der Waals surface area contributed by atoms with E-state index < -0.39 is 23.6 Å². The first-order valence-electron chi connectivity index (χ1n) is 5.64. The summed E-state index contributed by atoms with van der Waals surface area (Å²) in [5, 5.41) is 8.73. The van der Waals surface area contributed by atoms with E-state index in [1.54, 1.807) is 0 Å². The van der Waals surface area contributed by atoms with Crippen molar-refractivity contribution in [2.75, 3.05) is 7.11 Å². The van der Waals surface area contributed by atoms with Crippen LogP contribution in [0.3, 0.4) is 0 Å². The van der Waals surface area contributed by atoms with Gasteiger partial charge in [0.15, 0.2) is 5.69 Å². The lowest BCUT2D eigenvalue weighted by molar-refractivity contribution is -0.142. The Bertz CT molecular complexity index is 669. The summed E-state index contributed by atoms with van der Waals surface area (Å²) in [6.07, 6.45) is -2.34. The third-order valence-corrected chi connectivity index (χ3v) is 2.66. The van der Waals surface area contributed by atoms with Gasteiger partial charge in [0.2, 0.25) is 0 Å². The standard InChI is InChI=1S/C13H9F3N2O3/c1-21-10-4-8(6-18-11(10)13(14,15)16)7-2-3-9(12(19)20)17-5-7/h2-6H,1H3,(H,19,20). The van der Waals surface area contributed by atoms with Crippen LogP contribution in [0, 0.1) is 0 Å². The van der Waals surface area contributed by atoms with E-state index >= 15 is 0 Å². The Labute approximate surface area is 117 Å². The molecule has 0 bridgehead atoms. The molecule has 0 aliphatic heterocycles. The maximum absolute atomic E-state index is 12.7. The number of rotatable bonds is 3. The molecule has 0 aromatic carbocycles. The Hall–Kier alpha value is -2.64. The zero-order valence-electron chi connectivity index (χ0n) is 10.7. The van der Waals surface area contributed by atoms with Crippen LogP contribution < -0.4 is 4.74 Å². The Morgan fingerprint density at radius 2 is 1.86 bits per heavy atom. The first-order chi connectivity index (χ1) is 9.82. The zero-order valence-corrected chi connectivity index (χ0v) is 10.7. The summed E-state index contributed by atoms with van der Waals surface area (Å²) in [6.45, 7) is 0. The van der Waals surface area contributed by atoms with E-state index in [1.807, 2.05) is 0 Å². The molecule has 0 aliphatic carbocycles. The van der Waals surface area contributed by atoms with Crippen molar-refractivity contribution < 1.29 is 27.8 Å². The number of carboxylic acids is 1. The van der Waals surface area contributed by atoms with Gasteiger partial charge in [-0.3, -0.25) is 0 Å². The summed E-state index contributed by atoms with van der Waals surface area (Å²) in [7, 11) is 1.11. The largest absolute Gasteiger partial charge is 0.494 e. The molecule has 110 valence electrons. The highest BCUT2D eigenvalue weighted by molar-refractivity contribution is 5.85. The second kappa shape index (κ2) is 5.39. The van der Waals surface area contributed by atoms with Crippen LogP contribution in [0.4, 0.5) is 13.2 Å². The van der Waals surface area contributed by atoms with Crippen LogP contribution in [-0.2, 0) is 6.18 Å². The topological polar surface area (TPSA) is 72.3 Å². The van der Waals surface area contributed by atoms with Crippen molar-refractivity contribution in [3.05, 3.63) is 42.0 Å². The molecule has 0 saturated carbocycles. The monoisotopic (exact) mass is 298 g/mol. The molecule has 1 N–H and O–H groups in total. The Morgan fingerprint density at radius 1 is 1.19 bits per heavy atom. The van der Waals surface area contributed by atoms with Crippen molar-refractivity contribution in [1.29, 1.82) is 0 Å². The second-order valence-electron chi connectivity index (χ2n) is 4.01. The predicted molar refractivity (Wildman–Crippen MR) is 66.0 cm³/mol. The van der Waals surface area contributed by atoms with Gasteiger partial charge in [-0.25, -0.2) is 14.8 Å². The summed E-state index contributed by atoms with van der Waals surface area (Å²) in [4.78, 5) is 17.7. The van der Waals surface area contributed by atoms with Crippen LogP contribution in [0.15, 0.2) is 30.6 Å². The van der Waals surface area contributed by atoms with Crippen molar-refractivity contribution in [2.45, 2.75) is 6.18 Å². The average molecular weight is 298 g/mol. The lowest BCUT2D eigenvalue weighted by Crippen LogP contribution is -2.10. The van der Waals surface area contributed by atoms with Crippen LogP contribution in [0.25, 0.3) is 11.1 Å². The maximum atomic E-state index is 12.7. The number of hydrogen-bond acceptors (Lipinski definition) is 4. The number of ether oxygens (including phenoxy) is 1. The predicted octanol–water partition coefficient (Wildman–Crippen LogP) is 2.87. The van der Waals surface area contributed by atoms with Gasteiger partial charge in [-0.05, 0) is 12.1 Å². The van der Waals surface area contributed by atoms with Crippen LogP contribution in [0.5, 0.6) is 5.75 Å². The molecule has 8 heteroatoms. The van der Waals surface area contributed by atoms with Gasteiger partial charge in [-0.15, -0.1) is 0 Å². The number of carbonyl (C=O) groups is 1. The Morgan fingerprint density at radius 3 is 2.33 bits per heavy atom. The number of alkyl halides is 3. The second-order valence-corrected chi connectivity index (χ2v) is 4.01. The molecule has 21 heavy (non-hydrogen) atoms. The van der Waals surface area contributed by atoms with Crippen molar-refractivity contribution in [3.63, 3.8) is 0 Å². The van der Waals surface area contributed by atoms with Gasteiger partial charge in [-0.2, -0.15) is 13.2 Å². The minimum atomic E-state index is -4.62. The van der Waals surface area contributed by atoms with E-state index in [1.165, 1.54) is 24.4 Å². The highest BCUT2D eigenvalue weighted by atomic mass is 19.4. The summed E-state index contributed by atoms with van der Waals surface area (Å²) < 4.78 is 42.8. The summed E-state index contributed by atoms with van der Waals surface area (Å²) in [5.74, 6) is -1.60. The molecule has 2 aromatic rings. The zero-order chi connectivity index (χ0) is 15.6. The number of aromatic carboxylic acids is 1. The van der Waals surface area contributed by atoms with Gasteiger partial charge in [-0.1, -0.05) is 6.07 Å². The van der Waals surface area contributed by atoms with Gasteiger partial charge in [0.25, 0.3) is 0 Å². The maximum Gasteiger partial charge on any atom is 0.437 e. The molecule has 0 atom stereocenters. The molecule has 0 saturated heterocycles. The van der Waals surface area contributed by atoms with Gasteiger partial charge in [0.05, 0.1) is 7.11 Å². The molecule has 0 spiro atoms. The molecule has 2 aromatic heterocycles. The fraction of sp³-hybridized carbons (Fsp3) is 0.154. The summed E-state index contributed by atoms with van der Waals surface area (Å²) in [6, 6.07) is 3.86. The molecule has 2 rings (SSSR count). The van der Waals surface area contributed by atoms with Crippen LogP contribution in [-0.4, -0.2) is 28.2 Å². The molecular weight excluding hydrogens is 289 g/mol. The van der Waals surface area contributed by atoms with Crippen molar-refractivity contribution in [2.24, 2.45) is 0 Å². The lowest BCUT2D eigenvalue weighted by atomic mass is 10.1. The molecule has 0 unspecified atom stereocenters. The minimum absolute atomic E-state index is 0.161. The molecule has 0 fully saturated rings. The lowest BCUT2D eigenvalue weighted by Gasteiger charge is -2.12. The third-order valence-electron chi connectivity index (χ3n) is 2.66. The van der Waals surface area contributed by atoms with Crippen LogP contribution in [0.1, 0.15) is 16.2 Å². The highest BCUT2D eigenvalue weighted by Gasteiger charge is 2.36. The molecule has 0 radical (unpaired) electrons. The quantitative estimate of drug-likeness (QED) is 0.943. The fourth-order valence-electron chi connectivity index (χ4n) is 1.66. The Balaban J connectivity index is 2.43. The average Bonchev–Trinajstić information content (AvgIpc) is 2.45. The van der Waals surface area contributed by atoms with Crippen LogP contribution in [0.2, 0.25) is 0 Å². The van der Waals surface area contributed by atoms with E-state index in [0.29, 0.717) is 11.1 Å². The van der Waals surface area contributed by atoms with E-state index in [4.69, 9.17) is 9.84 Å². The number of methoxy groups -OCH3 is 1. The number of aromatic nitrogens is 2. The first-order valence-corrected chi connectivity index (χ1v) is 5.64. The molecule has 5 nitrogen and oxygen atoms in total. The minimum Gasteiger partial charge on any atom is -0.494 e. The van der Waals surface area contributed by atoms with E-state index in [0.717, 1.165) is 13.3 Å². The smallest absolute Gasteiger partial charge is 0.437 e. The summed E-state index contributed by atoms with van der Waals surface area (Å²) in [5.41, 5.74) is -0.515. The summed E-state index contributed by atoms with van der Waals surface area (Å²) >= 11 is 0.